The molecule has 0 atom stereocenters. The summed E-state index contributed by atoms with van der Waals surface area (Å²) in [6.45, 7) is 2.60. The van der Waals surface area contributed by atoms with Gasteiger partial charge in [0, 0.05) is 28.2 Å². The highest BCUT2D eigenvalue weighted by Crippen LogP contribution is 2.33. The number of carbonyl (C=O) groups is 1. The van der Waals surface area contributed by atoms with E-state index < -0.39 is 0 Å². The molecule has 0 aliphatic heterocycles. The predicted octanol–water partition coefficient (Wildman–Crippen LogP) is 5.29. The first kappa shape index (κ1) is 19.8. The average Bonchev–Trinajstić information content (AvgIpc) is 3.19. The maximum atomic E-state index is 12.9. The van der Waals surface area contributed by atoms with Crippen molar-refractivity contribution >= 4 is 33.4 Å². The van der Waals surface area contributed by atoms with Gasteiger partial charge in [-0.25, -0.2) is 0 Å². The quantitative estimate of drug-likeness (QED) is 0.404. The number of benzene rings is 3. The Balaban J connectivity index is 1.65. The number of nitrogens with zero attached hydrogens (tertiary/aromatic N) is 3. The van der Waals surface area contributed by atoms with Crippen molar-refractivity contribution in [3.63, 3.8) is 0 Å². The highest BCUT2D eigenvalue weighted by molar-refractivity contribution is 6.09. The minimum atomic E-state index is -0.147. The summed E-state index contributed by atoms with van der Waals surface area (Å²) in [6, 6.07) is 25.2. The molecule has 6 nitrogen and oxygen atoms in total. The van der Waals surface area contributed by atoms with E-state index in [9.17, 15) is 4.79 Å². The van der Waals surface area contributed by atoms with Crippen molar-refractivity contribution in [3.05, 3.63) is 85.1 Å². The van der Waals surface area contributed by atoms with Gasteiger partial charge in [0.25, 0.3) is 0 Å². The van der Waals surface area contributed by atoms with Crippen molar-refractivity contribution in [2.45, 2.75) is 13.5 Å². The van der Waals surface area contributed by atoms with E-state index in [1.807, 2.05) is 92.0 Å². The summed E-state index contributed by atoms with van der Waals surface area (Å²) in [5.74, 6) is 0.614. The Hall–Kier alpha value is -4.19. The number of ether oxygens (including phenoxy) is 1. The van der Waals surface area contributed by atoms with Gasteiger partial charge in [0.2, 0.25) is 5.91 Å². The van der Waals surface area contributed by atoms with Gasteiger partial charge in [-0.15, -0.1) is 0 Å². The van der Waals surface area contributed by atoms with Crippen LogP contribution in [0.15, 0.2) is 85.1 Å². The van der Waals surface area contributed by atoms with Crippen LogP contribution in [0.25, 0.3) is 33.1 Å². The minimum Gasteiger partial charge on any atom is -0.494 e. The number of carbonyl (C=O) groups excluding carboxylic acids is 1. The van der Waals surface area contributed by atoms with E-state index >= 15 is 0 Å². The Kier molecular flexibility index (Phi) is 5.25. The predicted molar refractivity (Wildman–Crippen MR) is 127 cm³/mol. The zero-order valence-corrected chi connectivity index (χ0v) is 17.7. The number of rotatable bonds is 6. The summed E-state index contributed by atoms with van der Waals surface area (Å²) in [5, 5.41) is 9.58. The Morgan fingerprint density at radius 3 is 2.47 bits per heavy atom. The largest absolute Gasteiger partial charge is 0.494 e. The summed E-state index contributed by atoms with van der Waals surface area (Å²) in [6.07, 6.45) is 1.83. The topological polar surface area (TPSA) is 69.0 Å². The number of pyridine rings is 1. The summed E-state index contributed by atoms with van der Waals surface area (Å²) in [5.41, 5.74) is 4.21. The lowest BCUT2D eigenvalue weighted by Gasteiger charge is -2.09. The lowest BCUT2D eigenvalue weighted by Crippen LogP contribution is -2.19. The molecule has 2 heterocycles. The van der Waals surface area contributed by atoms with Gasteiger partial charge in [-0.3, -0.25) is 14.5 Å². The molecule has 0 radical (unpaired) electrons. The van der Waals surface area contributed by atoms with E-state index in [1.54, 1.807) is 4.68 Å². The van der Waals surface area contributed by atoms with Crippen molar-refractivity contribution in [2.24, 2.45) is 0 Å². The number of fused-ring (bicyclic) bond motifs is 3. The van der Waals surface area contributed by atoms with Gasteiger partial charge in [0.1, 0.15) is 18.0 Å². The molecule has 0 saturated heterocycles. The molecule has 0 fully saturated rings. The first-order valence-corrected chi connectivity index (χ1v) is 10.6. The smallest absolute Gasteiger partial charge is 0.246 e. The van der Waals surface area contributed by atoms with Gasteiger partial charge in [-0.1, -0.05) is 48.5 Å². The van der Waals surface area contributed by atoms with E-state index in [0.29, 0.717) is 6.61 Å². The van der Waals surface area contributed by atoms with E-state index in [4.69, 9.17) is 9.84 Å². The maximum absolute atomic E-state index is 12.9. The highest BCUT2D eigenvalue weighted by Gasteiger charge is 2.18. The number of hydrogen-bond donors (Lipinski definition) is 1. The summed E-state index contributed by atoms with van der Waals surface area (Å²) >= 11 is 0. The molecule has 1 N–H and O–H groups in total. The van der Waals surface area contributed by atoms with Crippen LogP contribution in [0.3, 0.4) is 0 Å². The van der Waals surface area contributed by atoms with Crippen molar-refractivity contribution in [2.75, 3.05) is 11.9 Å². The van der Waals surface area contributed by atoms with Crippen molar-refractivity contribution in [3.8, 4) is 17.0 Å². The van der Waals surface area contributed by atoms with E-state index in [0.717, 1.165) is 44.5 Å². The molecule has 3 aromatic carbocycles. The van der Waals surface area contributed by atoms with Crippen LogP contribution in [-0.2, 0) is 11.3 Å². The normalized spacial score (nSPS) is 11.0. The summed E-state index contributed by atoms with van der Waals surface area (Å²) in [4.78, 5) is 17.5. The van der Waals surface area contributed by atoms with Gasteiger partial charge in [-0.2, -0.15) is 5.10 Å². The van der Waals surface area contributed by atoms with E-state index in [-0.39, 0.29) is 12.5 Å². The summed E-state index contributed by atoms with van der Waals surface area (Å²) < 4.78 is 7.48. The molecule has 0 aliphatic carbocycles. The molecular formula is C26H22N4O2. The van der Waals surface area contributed by atoms with Crippen molar-refractivity contribution in [1.82, 2.24) is 14.8 Å². The molecule has 5 rings (SSSR count). The third kappa shape index (κ3) is 3.78. The molecule has 158 valence electrons. The number of amides is 1. The molecule has 6 heteroatoms. The van der Waals surface area contributed by atoms with Crippen LogP contribution < -0.4 is 10.1 Å². The van der Waals surface area contributed by atoms with Crippen LogP contribution in [0.1, 0.15) is 6.92 Å². The number of aromatic nitrogens is 3. The van der Waals surface area contributed by atoms with Crippen LogP contribution in [0.2, 0.25) is 0 Å². The second kappa shape index (κ2) is 8.51. The van der Waals surface area contributed by atoms with Crippen LogP contribution in [0.5, 0.6) is 5.75 Å². The zero-order chi connectivity index (χ0) is 21.9. The molecule has 5 aromatic rings. The molecule has 2 aromatic heterocycles. The number of nitrogens with one attached hydrogen (secondary N) is 1. The molecular weight excluding hydrogens is 400 g/mol. The Morgan fingerprint density at radius 2 is 1.72 bits per heavy atom. The van der Waals surface area contributed by atoms with Gasteiger partial charge < -0.3 is 10.1 Å². The van der Waals surface area contributed by atoms with Gasteiger partial charge >= 0.3 is 0 Å². The van der Waals surface area contributed by atoms with Gasteiger partial charge in [-0.05, 0) is 37.3 Å². The van der Waals surface area contributed by atoms with Crippen molar-refractivity contribution < 1.29 is 9.53 Å². The lowest BCUT2D eigenvalue weighted by molar-refractivity contribution is -0.116. The minimum absolute atomic E-state index is 0.0796. The first-order valence-electron chi connectivity index (χ1n) is 10.6. The number of hydrogen-bond acceptors (Lipinski definition) is 4. The Labute approximate surface area is 185 Å². The van der Waals surface area contributed by atoms with E-state index in [2.05, 4.69) is 10.3 Å². The molecule has 0 aliphatic rings. The first-order chi connectivity index (χ1) is 15.7. The third-order valence-corrected chi connectivity index (χ3v) is 5.25. The van der Waals surface area contributed by atoms with Gasteiger partial charge in [0.05, 0.1) is 17.6 Å². The Bertz CT molecular complexity index is 1400. The fourth-order valence-electron chi connectivity index (χ4n) is 3.87. The van der Waals surface area contributed by atoms with Crippen LogP contribution >= 0.6 is 0 Å². The second-order valence-electron chi connectivity index (χ2n) is 7.42. The SMILES string of the molecule is CCOc1ccc2ncc3c(-c4ccccc4)nn(CC(=O)Nc4ccccc4)c3c2c1. The second-order valence-corrected chi connectivity index (χ2v) is 7.42. The number of para-hydroxylation sites is 1. The summed E-state index contributed by atoms with van der Waals surface area (Å²) in [7, 11) is 0. The molecule has 32 heavy (non-hydrogen) atoms. The fraction of sp³-hybridized carbons (Fsp3) is 0.115. The highest BCUT2D eigenvalue weighted by atomic mass is 16.5. The zero-order valence-electron chi connectivity index (χ0n) is 17.7. The fourth-order valence-corrected chi connectivity index (χ4v) is 3.87. The standard InChI is InChI=1S/C26H22N4O2/c1-2-32-20-13-14-23-21(15-20)26-22(16-27-23)25(18-9-5-3-6-10-18)29-30(26)17-24(31)28-19-11-7-4-8-12-19/h3-16H,2,17H2,1H3,(H,28,31). The van der Waals surface area contributed by atoms with Gasteiger partial charge in [0.15, 0.2) is 0 Å². The number of anilines is 1. The van der Waals surface area contributed by atoms with Crippen LogP contribution in [0.4, 0.5) is 5.69 Å². The third-order valence-electron chi connectivity index (χ3n) is 5.25. The Morgan fingerprint density at radius 1 is 0.969 bits per heavy atom. The molecule has 0 bridgehead atoms. The molecule has 0 saturated carbocycles. The van der Waals surface area contributed by atoms with Crippen molar-refractivity contribution in [1.29, 1.82) is 0 Å². The maximum Gasteiger partial charge on any atom is 0.246 e. The van der Waals surface area contributed by atoms with Crippen LogP contribution in [-0.4, -0.2) is 27.3 Å². The monoisotopic (exact) mass is 422 g/mol. The lowest BCUT2D eigenvalue weighted by atomic mass is 10.1. The molecule has 1 amide bonds. The molecule has 0 spiro atoms. The van der Waals surface area contributed by atoms with Crippen LogP contribution in [0, 0.1) is 0 Å². The average molecular weight is 422 g/mol. The van der Waals surface area contributed by atoms with E-state index in [1.165, 1.54) is 0 Å². The molecule has 0 unspecified atom stereocenters.